The van der Waals surface area contributed by atoms with Crippen molar-refractivity contribution in [3.05, 3.63) is 46.5 Å². The fraction of sp³-hybridized carbons (Fsp3) is 0.462. The predicted molar refractivity (Wildman–Crippen MR) is 140 cm³/mol. The lowest BCUT2D eigenvalue weighted by molar-refractivity contribution is 0.0962. The van der Waals surface area contributed by atoms with Gasteiger partial charge in [-0.25, -0.2) is 8.42 Å². The average molecular weight is 518 g/mol. The van der Waals surface area contributed by atoms with E-state index in [0.717, 1.165) is 16.1 Å². The number of aromatic hydroxyl groups is 1. The van der Waals surface area contributed by atoms with Crippen molar-refractivity contribution in [1.29, 1.82) is 5.41 Å². The summed E-state index contributed by atoms with van der Waals surface area (Å²) in [5.74, 6) is 0.876. The van der Waals surface area contributed by atoms with Crippen LogP contribution in [-0.4, -0.2) is 63.1 Å². The van der Waals surface area contributed by atoms with E-state index >= 15 is 0 Å². The van der Waals surface area contributed by atoms with Crippen LogP contribution in [0.15, 0.2) is 24.3 Å². The monoisotopic (exact) mass is 517 g/mol. The zero-order valence-electron chi connectivity index (χ0n) is 21.9. The van der Waals surface area contributed by atoms with E-state index < -0.39 is 15.4 Å². The van der Waals surface area contributed by atoms with E-state index in [1.54, 1.807) is 17.0 Å². The van der Waals surface area contributed by atoms with E-state index in [1.807, 2.05) is 40.7 Å². The largest absolute Gasteiger partial charge is 0.505 e. The summed E-state index contributed by atoms with van der Waals surface area (Å²) in [4.78, 5) is 15.1. The molecule has 0 radical (unpaired) electrons. The third kappa shape index (κ3) is 5.43. The predicted octanol–water partition coefficient (Wildman–Crippen LogP) is 3.91. The third-order valence-electron chi connectivity index (χ3n) is 6.09. The SMILES string of the molecule is CCOc1cc2c(cc1OCC)C(=N)N(CC(=O)c1cc(N(C)S(C)(=O)=O)c(O)c(C(C)(C)C)c1)C2. The molecule has 1 heterocycles. The average Bonchev–Trinajstić information content (AvgIpc) is 3.06. The fourth-order valence-corrected chi connectivity index (χ4v) is 4.61. The van der Waals surface area contributed by atoms with Gasteiger partial charge in [0.15, 0.2) is 17.3 Å². The van der Waals surface area contributed by atoms with Crippen LogP contribution in [0.1, 0.15) is 61.7 Å². The number of Topliss-reactive ketones (excluding diaryl/α,β-unsaturated/α-hetero) is 1. The van der Waals surface area contributed by atoms with Crippen molar-refractivity contribution >= 4 is 27.3 Å². The molecule has 0 aliphatic carbocycles. The molecule has 1 aliphatic rings. The lowest BCUT2D eigenvalue weighted by Crippen LogP contribution is -2.31. The molecule has 0 fully saturated rings. The molecule has 9 nitrogen and oxygen atoms in total. The molecule has 2 N–H and O–H groups in total. The van der Waals surface area contributed by atoms with Crippen LogP contribution in [0.4, 0.5) is 5.69 Å². The molecule has 10 heteroatoms. The first-order chi connectivity index (χ1) is 16.7. The number of ketones is 1. The van der Waals surface area contributed by atoms with Gasteiger partial charge < -0.3 is 19.5 Å². The molecule has 1 aliphatic heterocycles. The number of hydrogen-bond donors (Lipinski definition) is 2. The van der Waals surface area contributed by atoms with Crippen LogP contribution in [0.25, 0.3) is 0 Å². The summed E-state index contributed by atoms with van der Waals surface area (Å²) in [5, 5.41) is 19.5. The van der Waals surface area contributed by atoms with Crippen molar-refractivity contribution < 1.29 is 27.8 Å². The maximum absolute atomic E-state index is 13.4. The number of phenolic OH excluding ortho intramolecular Hbond substituents is 1. The van der Waals surface area contributed by atoms with Gasteiger partial charge in [0.2, 0.25) is 10.0 Å². The number of sulfonamides is 1. The number of fused-ring (bicyclic) bond motifs is 1. The Bertz CT molecular complexity index is 1300. The van der Waals surface area contributed by atoms with Crippen LogP contribution in [0, 0.1) is 5.41 Å². The fourth-order valence-electron chi connectivity index (χ4n) is 4.12. The highest BCUT2D eigenvalue weighted by atomic mass is 32.2. The first-order valence-electron chi connectivity index (χ1n) is 11.8. The highest BCUT2D eigenvalue weighted by Gasteiger charge is 2.31. The summed E-state index contributed by atoms with van der Waals surface area (Å²) in [7, 11) is -2.34. The van der Waals surface area contributed by atoms with Gasteiger partial charge in [0.05, 0.1) is 31.7 Å². The minimum absolute atomic E-state index is 0.0378. The molecule has 196 valence electrons. The van der Waals surface area contributed by atoms with Crippen molar-refractivity contribution in [2.75, 3.05) is 37.4 Å². The number of phenols is 1. The van der Waals surface area contributed by atoms with Gasteiger partial charge in [-0.05, 0) is 49.1 Å². The van der Waals surface area contributed by atoms with E-state index in [-0.39, 0.29) is 35.2 Å². The Morgan fingerprint density at radius 3 is 2.22 bits per heavy atom. The lowest BCUT2D eigenvalue weighted by atomic mass is 9.84. The smallest absolute Gasteiger partial charge is 0.232 e. The molecule has 0 saturated heterocycles. The summed E-state index contributed by atoms with van der Waals surface area (Å²) in [6, 6.07) is 6.61. The van der Waals surface area contributed by atoms with E-state index in [9.17, 15) is 18.3 Å². The molecule has 2 aromatic carbocycles. The van der Waals surface area contributed by atoms with Gasteiger partial charge in [0.25, 0.3) is 0 Å². The second kappa shape index (κ2) is 10.0. The molecule has 2 aromatic rings. The third-order valence-corrected chi connectivity index (χ3v) is 7.28. The molecule has 0 amide bonds. The molecular formula is C26H35N3O6S. The summed E-state index contributed by atoms with van der Waals surface area (Å²) in [6.45, 7) is 10.6. The van der Waals surface area contributed by atoms with Crippen LogP contribution in [0.2, 0.25) is 0 Å². The molecule has 0 spiro atoms. The first kappa shape index (κ1) is 27.3. The van der Waals surface area contributed by atoms with Crippen LogP contribution >= 0.6 is 0 Å². The second-order valence-electron chi connectivity index (χ2n) is 9.82. The summed E-state index contributed by atoms with van der Waals surface area (Å²) < 4.78 is 36.7. The summed E-state index contributed by atoms with van der Waals surface area (Å²) in [5.41, 5.74) is 1.75. The van der Waals surface area contributed by atoms with Gasteiger partial charge in [-0.3, -0.25) is 14.5 Å². The first-order valence-corrected chi connectivity index (χ1v) is 13.6. The Morgan fingerprint density at radius 2 is 1.69 bits per heavy atom. The molecule has 0 unspecified atom stereocenters. The maximum Gasteiger partial charge on any atom is 0.232 e. The Hall–Kier alpha value is -3.27. The Kier molecular flexibility index (Phi) is 7.59. The Labute approximate surface area is 213 Å². The summed E-state index contributed by atoms with van der Waals surface area (Å²) in [6.07, 6.45) is 1.04. The number of ether oxygens (including phenoxy) is 2. The normalized spacial score (nSPS) is 13.5. The Morgan fingerprint density at radius 1 is 1.11 bits per heavy atom. The number of nitrogens with zero attached hydrogens (tertiary/aromatic N) is 2. The number of amidine groups is 1. The molecular weight excluding hydrogens is 482 g/mol. The second-order valence-corrected chi connectivity index (χ2v) is 11.8. The number of carbonyl (C=O) groups is 1. The number of carbonyl (C=O) groups excluding carboxylic acids is 1. The molecule has 0 saturated carbocycles. The van der Waals surface area contributed by atoms with Crippen molar-refractivity contribution in [3.63, 3.8) is 0 Å². The van der Waals surface area contributed by atoms with Crippen molar-refractivity contribution in [2.24, 2.45) is 0 Å². The molecule has 3 rings (SSSR count). The molecule has 0 aromatic heterocycles. The van der Waals surface area contributed by atoms with Gasteiger partial charge in [-0.1, -0.05) is 20.8 Å². The standard InChI is InChI=1S/C26H35N3O6S/c1-8-34-22-12-17-14-29(25(27)18(17)13-23(22)35-9-2)15-21(30)16-10-19(26(3,4)5)24(31)20(11-16)28(6)36(7,32)33/h10-13,27,31H,8-9,14-15H2,1-7H3. The quantitative estimate of drug-likeness (QED) is 0.484. The minimum atomic E-state index is -3.67. The van der Waals surface area contributed by atoms with E-state index in [2.05, 4.69) is 0 Å². The topological polar surface area (TPSA) is 120 Å². The zero-order chi connectivity index (χ0) is 27.0. The van der Waals surface area contributed by atoms with Gasteiger partial charge in [-0.15, -0.1) is 0 Å². The highest BCUT2D eigenvalue weighted by molar-refractivity contribution is 7.92. The lowest BCUT2D eigenvalue weighted by Gasteiger charge is -2.26. The van der Waals surface area contributed by atoms with Crippen LogP contribution in [0.5, 0.6) is 17.2 Å². The van der Waals surface area contributed by atoms with Crippen LogP contribution in [0.3, 0.4) is 0 Å². The van der Waals surface area contributed by atoms with E-state index in [4.69, 9.17) is 14.9 Å². The highest BCUT2D eigenvalue weighted by Crippen LogP contribution is 2.40. The number of nitrogens with one attached hydrogen (secondary N) is 1. The maximum atomic E-state index is 13.4. The van der Waals surface area contributed by atoms with E-state index in [1.165, 1.54) is 13.1 Å². The van der Waals surface area contributed by atoms with Gasteiger partial charge in [0, 0.05) is 30.3 Å². The number of benzene rings is 2. The van der Waals surface area contributed by atoms with Gasteiger partial charge >= 0.3 is 0 Å². The van der Waals surface area contributed by atoms with Crippen molar-refractivity contribution in [3.8, 4) is 17.2 Å². The number of hydrogen-bond acceptors (Lipinski definition) is 7. The molecule has 36 heavy (non-hydrogen) atoms. The van der Waals surface area contributed by atoms with Gasteiger partial charge in [-0.2, -0.15) is 0 Å². The molecule has 0 bridgehead atoms. The molecule has 0 atom stereocenters. The zero-order valence-corrected chi connectivity index (χ0v) is 22.7. The van der Waals surface area contributed by atoms with E-state index in [0.29, 0.717) is 42.4 Å². The Balaban J connectivity index is 1.96. The van der Waals surface area contributed by atoms with Crippen LogP contribution in [-0.2, 0) is 22.0 Å². The van der Waals surface area contributed by atoms with Crippen molar-refractivity contribution in [2.45, 2.75) is 46.6 Å². The minimum Gasteiger partial charge on any atom is -0.505 e. The van der Waals surface area contributed by atoms with Gasteiger partial charge in [0.1, 0.15) is 11.6 Å². The van der Waals surface area contributed by atoms with Crippen molar-refractivity contribution in [1.82, 2.24) is 4.90 Å². The number of rotatable bonds is 9. The van der Waals surface area contributed by atoms with Crippen LogP contribution < -0.4 is 13.8 Å². The summed E-state index contributed by atoms with van der Waals surface area (Å²) >= 11 is 0. The number of anilines is 1.